The Bertz CT molecular complexity index is 612. The van der Waals surface area contributed by atoms with Crippen molar-refractivity contribution < 1.29 is 14.6 Å². The van der Waals surface area contributed by atoms with Gasteiger partial charge in [-0.2, -0.15) is 0 Å². The van der Waals surface area contributed by atoms with Gasteiger partial charge >= 0.3 is 5.97 Å². The molecular weight excluding hydrogens is 298 g/mol. The number of carboxylic acid groups (broad SMARTS) is 1. The van der Waals surface area contributed by atoms with Crippen molar-refractivity contribution in [3.63, 3.8) is 0 Å². The van der Waals surface area contributed by atoms with Gasteiger partial charge in [-0.1, -0.05) is 17.7 Å². The molecule has 0 saturated heterocycles. The first-order chi connectivity index (χ1) is 9.56. The minimum Gasteiger partial charge on any atom is -0.494 e. The predicted molar refractivity (Wildman–Crippen MR) is 79.1 cm³/mol. The predicted octanol–water partition coefficient (Wildman–Crippen LogP) is 3.81. The van der Waals surface area contributed by atoms with Crippen LogP contribution in [0, 0.1) is 6.92 Å². The van der Waals surface area contributed by atoms with E-state index in [2.05, 4.69) is 4.98 Å². The number of aryl methyl sites for hydroxylation is 2. The fourth-order valence-corrected chi connectivity index (χ4v) is 2.85. The molecule has 106 valence electrons. The van der Waals surface area contributed by atoms with E-state index in [-0.39, 0.29) is 0 Å². The zero-order valence-corrected chi connectivity index (χ0v) is 12.5. The highest BCUT2D eigenvalue weighted by Gasteiger charge is 2.13. The Kier molecular flexibility index (Phi) is 4.98. The van der Waals surface area contributed by atoms with Crippen molar-refractivity contribution in [3.8, 4) is 5.75 Å². The molecule has 0 spiro atoms. The smallest absolute Gasteiger partial charge is 0.347 e. The van der Waals surface area contributed by atoms with Crippen molar-refractivity contribution in [2.45, 2.75) is 19.8 Å². The SMILES string of the molecule is Cc1nc(CCCOc2cccc(Cl)c2)sc1C(=O)O. The molecule has 0 unspecified atom stereocenters. The number of hydrogen-bond acceptors (Lipinski definition) is 4. The molecule has 0 bridgehead atoms. The number of thiazole rings is 1. The number of nitrogens with zero attached hydrogens (tertiary/aromatic N) is 1. The highest BCUT2D eigenvalue weighted by Crippen LogP contribution is 2.20. The molecule has 0 aliphatic heterocycles. The largest absolute Gasteiger partial charge is 0.494 e. The summed E-state index contributed by atoms with van der Waals surface area (Å²) >= 11 is 7.09. The van der Waals surface area contributed by atoms with Gasteiger partial charge in [0.2, 0.25) is 0 Å². The summed E-state index contributed by atoms with van der Waals surface area (Å²) in [5.41, 5.74) is 0.577. The Balaban J connectivity index is 1.81. The van der Waals surface area contributed by atoms with Crippen LogP contribution in [-0.4, -0.2) is 22.7 Å². The third-order valence-corrected chi connectivity index (χ3v) is 4.08. The second kappa shape index (κ2) is 6.72. The van der Waals surface area contributed by atoms with Crippen LogP contribution >= 0.6 is 22.9 Å². The molecule has 2 rings (SSSR count). The lowest BCUT2D eigenvalue weighted by Crippen LogP contribution is -1.99. The average Bonchev–Trinajstić information content (AvgIpc) is 2.76. The zero-order chi connectivity index (χ0) is 14.5. The lowest BCUT2D eigenvalue weighted by molar-refractivity contribution is 0.0701. The van der Waals surface area contributed by atoms with Gasteiger partial charge in [0.05, 0.1) is 17.3 Å². The van der Waals surface area contributed by atoms with Gasteiger partial charge in [-0.3, -0.25) is 0 Å². The second-order valence-electron chi connectivity index (χ2n) is 4.24. The van der Waals surface area contributed by atoms with Crippen LogP contribution in [0.3, 0.4) is 0 Å². The minimum absolute atomic E-state index is 0.316. The third-order valence-electron chi connectivity index (χ3n) is 2.63. The molecule has 0 atom stereocenters. The van der Waals surface area contributed by atoms with Crippen molar-refractivity contribution in [2.75, 3.05) is 6.61 Å². The number of hydrogen-bond donors (Lipinski definition) is 1. The van der Waals surface area contributed by atoms with E-state index in [1.165, 1.54) is 11.3 Å². The van der Waals surface area contributed by atoms with E-state index in [0.29, 0.717) is 28.6 Å². The molecule has 1 aromatic carbocycles. The van der Waals surface area contributed by atoms with Crippen LogP contribution in [0.15, 0.2) is 24.3 Å². The molecular formula is C14H14ClNO3S. The molecule has 0 fully saturated rings. The molecule has 2 aromatic rings. The Labute approximate surface area is 126 Å². The van der Waals surface area contributed by atoms with Gasteiger partial charge in [-0.15, -0.1) is 11.3 Å². The molecule has 20 heavy (non-hydrogen) atoms. The van der Waals surface area contributed by atoms with E-state index < -0.39 is 5.97 Å². The quantitative estimate of drug-likeness (QED) is 0.824. The highest BCUT2D eigenvalue weighted by molar-refractivity contribution is 7.13. The molecule has 0 saturated carbocycles. The normalized spacial score (nSPS) is 10.5. The van der Waals surface area contributed by atoms with Crippen molar-refractivity contribution in [2.24, 2.45) is 0 Å². The maximum atomic E-state index is 10.9. The van der Waals surface area contributed by atoms with Gasteiger partial charge in [0.1, 0.15) is 10.6 Å². The number of ether oxygens (including phenoxy) is 1. The maximum Gasteiger partial charge on any atom is 0.347 e. The standard InChI is InChI=1S/C14H14ClNO3S/c1-9-13(14(17)18)20-12(16-9)6-3-7-19-11-5-2-4-10(15)8-11/h2,4-5,8H,3,6-7H2,1H3,(H,17,18). The number of rotatable bonds is 6. The van der Waals surface area contributed by atoms with Gasteiger partial charge in [-0.25, -0.2) is 9.78 Å². The summed E-state index contributed by atoms with van der Waals surface area (Å²) in [5, 5.41) is 10.4. The summed E-state index contributed by atoms with van der Waals surface area (Å²) < 4.78 is 5.57. The van der Waals surface area contributed by atoms with Gasteiger partial charge in [0, 0.05) is 11.4 Å². The first kappa shape index (κ1) is 14.8. The van der Waals surface area contributed by atoms with Crippen molar-refractivity contribution in [3.05, 3.63) is 44.9 Å². The van der Waals surface area contributed by atoms with E-state index in [9.17, 15) is 4.79 Å². The van der Waals surface area contributed by atoms with Gasteiger partial charge < -0.3 is 9.84 Å². The van der Waals surface area contributed by atoms with E-state index in [1.807, 2.05) is 12.1 Å². The molecule has 1 heterocycles. The summed E-state index contributed by atoms with van der Waals surface area (Å²) in [7, 11) is 0. The maximum absolute atomic E-state index is 10.9. The van der Waals surface area contributed by atoms with Crippen molar-refractivity contribution >= 4 is 28.9 Å². The topological polar surface area (TPSA) is 59.4 Å². The summed E-state index contributed by atoms with van der Waals surface area (Å²) in [6.45, 7) is 2.26. The first-order valence-corrected chi connectivity index (χ1v) is 7.33. The van der Waals surface area contributed by atoms with Gasteiger partial charge in [0.25, 0.3) is 0 Å². The van der Waals surface area contributed by atoms with Crippen molar-refractivity contribution in [1.29, 1.82) is 0 Å². The van der Waals surface area contributed by atoms with Gasteiger partial charge in [0.15, 0.2) is 0 Å². The van der Waals surface area contributed by atoms with Gasteiger partial charge in [-0.05, 0) is 31.5 Å². The van der Waals surface area contributed by atoms with Crippen LogP contribution in [0.5, 0.6) is 5.75 Å². The van der Waals surface area contributed by atoms with Crippen LogP contribution < -0.4 is 4.74 Å². The zero-order valence-electron chi connectivity index (χ0n) is 10.9. The van der Waals surface area contributed by atoms with Crippen LogP contribution in [0.1, 0.15) is 26.8 Å². The fraction of sp³-hybridized carbons (Fsp3) is 0.286. The average molecular weight is 312 g/mol. The van der Waals surface area contributed by atoms with Crippen molar-refractivity contribution in [1.82, 2.24) is 4.98 Å². The molecule has 1 aromatic heterocycles. The molecule has 6 heteroatoms. The van der Waals surface area contributed by atoms with E-state index in [4.69, 9.17) is 21.4 Å². The molecule has 4 nitrogen and oxygen atoms in total. The molecule has 1 N–H and O–H groups in total. The summed E-state index contributed by atoms with van der Waals surface area (Å²) in [6.07, 6.45) is 1.48. The lowest BCUT2D eigenvalue weighted by atomic mass is 10.3. The number of aromatic nitrogens is 1. The fourth-order valence-electron chi connectivity index (χ4n) is 1.73. The number of halogens is 1. The van der Waals surface area contributed by atoms with Crippen LogP contribution in [0.4, 0.5) is 0 Å². The Morgan fingerprint density at radius 3 is 2.95 bits per heavy atom. The summed E-state index contributed by atoms with van der Waals surface area (Å²) in [6, 6.07) is 7.24. The van der Waals surface area contributed by atoms with Crippen LogP contribution in [-0.2, 0) is 6.42 Å². The highest BCUT2D eigenvalue weighted by atomic mass is 35.5. The van der Waals surface area contributed by atoms with Crippen LogP contribution in [0.2, 0.25) is 5.02 Å². The number of benzene rings is 1. The Hall–Kier alpha value is -1.59. The van der Waals surface area contributed by atoms with Crippen LogP contribution in [0.25, 0.3) is 0 Å². The van der Waals surface area contributed by atoms with E-state index in [1.54, 1.807) is 19.1 Å². The Morgan fingerprint density at radius 2 is 2.30 bits per heavy atom. The molecule has 0 aliphatic rings. The second-order valence-corrected chi connectivity index (χ2v) is 5.76. The molecule has 0 radical (unpaired) electrons. The number of carbonyl (C=O) groups is 1. The number of carboxylic acids is 1. The summed E-state index contributed by atoms with van der Waals surface area (Å²) in [4.78, 5) is 15.5. The summed E-state index contributed by atoms with van der Waals surface area (Å²) in [5.74, 6) is -0.180. The minimum atomic E-state index is -0.915. The van der Waals surface area contributed by atoms with E-state index >= 15 is 0 Å². The number of aromatic carboxylic acids is 1. The molecule has 0 aliphatic carbocycles. The molecule has 0 amide bonds. The monoisotopic (exact) mass is 311 g/mol. The van der Waals surface area contributed by atoms with E-state index in [0.717, 1.165) is 17.2 Å². The lowest BCUT2D eigenvalue weighted by Gasteiger charge is -2.05. The Morgan fingerprint density at radius 1 is 1.50 bits per heavy atom. The first-order valence-electron chi connectivity index (χ1n) is 6.14. The third kappa shape index (κ3) is 3.95.